The molecule has 0 fully saturated rings. The van der Waals surface area contributed by atoms with Crippen LogP contribution in [-0.2, 0) is 16.0 Å². The van der Waals surface area contributed by atoms with Crippen molar-refractivity contribution in [2.24, 2.45) is 5.73 Å². The van der Waals surface area contributed by atoms with E-state index >= 15 is 0 Å². The van der Waals surface area contributed by atoms with Gasteiger partial charge in [0.1, 0.15) is 5.75 Å². The summed E-state index contributed by atoms with van der Waals surface area (Å²) in [6, 6.07) is 7.70. The molecule has 0 aromatic heterocycles. The van der Waals surface area contributed by atoms with Gasteiger partial charge in [-0.1, -0.05) is 18.2 Å². The van der Waals surface area contributed by atoms with Crippen molar-refractivity contribution in [3.63, 3.8) is 0 Å². The number of hydrogen-bond acceptors (Lipinski definition) is 4. The van der Waals surface area contributed by atoms with E-state index in [1.54, 1.807) is 19.1 Å². The van der Waals surface area contributed by atoms with Crippen molar-refractivity contribution >= 4 is 11.8 Å². The maximum atomic E-state index is 12.0. The monoisotopic (exact) mass is 293 g/mol. The predicted octanol–water partition coefficient (Wildman–Crippen LogP) is 0.160. The second kappa shape index (κ2) is 8.26. The van der Waals surface area contributed by atoms with Gasteiger partial charge in [-0.3, -0.25) is 9.59 Å². The van der Waals surface area contributed by atoms with Crippen LogP contribution in [-0.4, -0.2) is 50.0 Å². The fraction of sp³-hybridized carbons (Fsp3) is 0.467. The molecule has 3 N–H and O–H groups in total. The van der Waals surface area contributed by atoms with Crippen LogP contribution in [0.15, 0.2) is 24.3 Å². The Morgan fingerprint density at radius 3 is 2.67 bits per heavy atom. The summed E-state index contributed by atoms with van der Waals surface area (Å²) in [5.41, 5.74) is 6.22. The van der Waals surface area contributed by atoms with E-state index in [1.165, 1.54) is 0 Å². The number of carbonyl (C=O) groups is 2. The van der Waals surface area contributed by atoms with Crippen molar-refractivity contribution < 1.29 is 14.3 Å². The van der Waals surface area contributed by atoms with Crippen LogP contribution in [0.4, 0.5) is 0 Å². The molecule has 0 aliphatic rings. The van der Waals surface area contributed by atoms with Crippen molar-refractivity contribution in [2.45, 2.75) is 19.4 Å². The molecule has 0 aliphatic heterocycles. The van der Waals surface area contributed by atoms with Gasteiger partial charge in [-0.15, -0.1) is 0 Å². The number of nitrogens with one attached hydrogen (secondary N) is 1. The normalized spacial score (nSPS) is 11.6. The van der Waals surface area contributed by atoms with E-state index in [0.717, 1.165) is 11.3 Å². The van der Waals surface area contributed by atoms with Crippen LogP contribution in [0, 0.1) is 0 Å². The molecule has 0 saturated heterocycles. The third kappa shape index (κ3) is 5.07. The average Bonchev–Trinajstić information content (AvgIpc) is 2.51. The molecule has 6 heteroatoms. The third-order valence-electron chi connectivity index (χ3n) is 3.38. The van der Waals surface area contributed by atoms with E-state index < -0.39 is 0 Å². The van der Waals surface area contributed by atoms with Gasteiger partial charge in [0, 0.05) is 13.1 Å². The minimum Gasteiger partial charge on any atom is -0.496 e. The summed E-state index contributed by atoms with van der Waals surface area (Å²) in [5, 5.41) is 2.47. The number of hydrogen-bond donors (Lipinski definition) is 2. The number of carbonyl (C=O) groups excluding carboxylic acids is 2. The third-order valence-corrected chi connectivity index (χ3v) is 3.38. The number of benzene rings is 1. The van der Waals surface area contributed by atoms with Gasteiger partial charge in [0.2, 0.25) is 11.8 Å². The minimum atomic E-state index is -0.339. The molecule has 116 valence electrons. The Bertz CT molecular complexity index is 491. The van der Waals surface area contributed by atoms with Gasteiger partial charge in [0.25, 0.3) is 0 Å². The predicted molar refractivity (Wildman–Crippen MR) is 81.0 cm³/mol. The molecular formula is C15H23N3O3. The van der Waals surface area contributed by atoms with Crippen LogP contribution >= 0.6 is 0 Å². The number of methoxy groups -OCH3 is 1. The van der Waals surface area contributed by atoms with Crippen molar-refractivity contribution in [2.75, 3.05) is 27.2 Å². The molecule has 0 spiro atoms. The zero-order valence-electron chi connectivity index (χ0n) is 12.8. The molecule has 1 unspecified atom stereocenters. The van der Waals surface area contributed by atoms with Crippen LogP contribution in [0.25, 0.3) is 0 Å². The van der Waals surface area contributed by atoms with Crippen LogP contribution < -0.4 is 15.8 Å². The van der Waals surface area contributed by atoms with Crippen molar-refractivity contribution in [1.29, 1.82) is 0 Å². The Kier molecular flexibility index (Phi) is 6.68. The zero-order chi connectivity index (χ0) is 15.8. The van der Waals surface area contributed by atoms with Crippen LogP contribution in [0.5, 0.6) is 5.75 Å². The standard InChI is InChI=1S/C15H23N3O3/c1-11(8-12-6-4-5-7-13(12)21-3)18(2)15(20)10-17-14(19)9-16/h4-7,11H,8-10,16H2,1-3H3,(H,17,19). The highest BCUT2D eigenvalue weighted by Crippen LogP contribution is 2.20. The van der Waals surface area contributed by atoms with Gasteiger partial charge < -0.3 is 20.7 Å². The minimum absolute atomic E-state index is 0.0106. The number of nitrogens with zero attached hydrogens (tertiary/aromatic N) is 1. The lowest BCUT2D eigenvalue weighted by atomic mass is 10.1. The SMILES string of the molecule is COc1ccccc1CC(C)N(C)C(=O)CNC(=O)CN. The largest absolute Gasteiger partial charge is 0.496 e. The van der Waals surface area contributed by atoms with E-state index in [0.29, 0.717) is 6.42 Å². The highest BCUT2D eigenvalue weighted by molar-refractivity contribution is 5.85. The summed E-state index contributed by atoms with van der Waals surface area (Å²) < 4.78 is 5.31. The quantitative estimate of drug-likeness (QED) is 0.750. The first kappa shape index (κ1) is 17.0. The van der Waals surface area contributed by atoms with E-state index in [-0.39, 0.29) is 30.9 Å². The summed E-state index contributed by atoms with van der Waals surface area (Å²) >= 11 is 0. The first-order chi connectivity index (χ1) is 9.99. The molecule has 21 heavy (non-hydrogen) atoms. The fourth-order valence-corrected chi connectivity index (χ4v) is 1.94. The van der Waals surface area contributed by atoms with Crippen LogP contribution in [0.1, 0.15) is 12.5 Å². The van der Waals surface area contributed by atoms with Gasteiger partial charge in [-0.25, -0.2) is 0 Å². The summed E-state index contributed by atoms with van der Waals surface area (Å²) in [6.07, 6.45) is 0.678. The van der Waals surface area contributed by atoms with E-state index in [2.05, 4.69) is 5.32 Å². The summed E-state index contributed by atoms with van der Waals surface area (Å²) in [4.78, 5) is 24.7. The van der Waals surface area contributed by atoms with E-state index in [1.807, 2.05) is 31.2 Å². The number of rotatable bonds is 7. The Labute approximate surface area is 125 Å². The zero-order valence-corrected chi connectivity index (χ0v) is 12.8. The van der Waals surface area contributed by atoms with Crippen molar-refractivity contribution in [3.8, 4) is 5.75 Å². The maximum Gasteiger partial charge on any atom is 0.241 e. The summed E-state index contributed by atoms with van der Waals surface area (Å²) in [5.74, 6) is 0.315. The second-order valence-corrected chi connectivity index (χ2v) is 4.85. The molecule has 0 saturated carbocycles. The molecule has 0 heterocycles. The lowest BCUT2D eigenvalue weighted by Gasteiger charge is -2.25. The van der Waals surface area contributed by atoms with E-state index in [9.17, 15) is 9.59 Å². The highest BCUT2D eigenvalue weighted by Gasteiger charge is 2.17. The molecule has 0 aliphatic carbocycles. The lowest BCUT2D eigenvalue weighted by Crippen LogP contribution is -2.44. The molecule has 0 radical (unpaired) electrons. The van der Waals surface area contributed by atoms with Gasteiger partial charge in [0.05, 0.1) is 20.2 Å². The molecule has 1 aromatic carbocycles. The highest BCUT2D eigenvalue weighted by atomic mass is 16.5. The fourth-order valence-electron chi connectivity index (χ4n) is 1.94. The molecular weight excluding hydrogens is 270 g/mol. The Morgan fingerprint density at radius 2 is 2.05 bits per heavy atom. The Hall–Kier alpha value is -2.08. The second-order valence-electron chi connectivity index (χ2n) is 4.85. The maximum absolute atomic E-state index is 12.0. The first-order valence-electron chi connectivity index (χ1n) is 6.84. The number of nitrogens with two attached hydrogens (primary N) is 1. The molecule has 6 nitrogen and oxygen atoms in total. The van der Waals surface area contributed by atoms with Gasteiger partial charge in [0.15, 0.2) is 0 Å². The Balaban J connectivity index is 2.59. The van der Waals surface area contributed by atoms with Gasteiger partial charge >= 0.3 is 0 Å². The van der Waals surface area contributed by atoms with Crippen LogP contribution in [0.2, 0.25) is 0 Å². The smallest absolute Gasteiger partial charge is 0.241 e. The summed E-state index contributed by atoms with van der Waals surface area (Å²) in [6.45, 7) is 1.80. The Morgan fingerprint density at radius 1 is 1.38 bits per heavy atom. The molecule has 1 rings (SSSR count). The molecule has 1 aromatic rings. The summed E-state index contributed by atoms with van der Waals surface area (Å²) in [7, 11) is 3.34. The topological polar surface area (TPSA) is 84.7 Å². The molecule has 1 atom stereocenters. The van der Waals surface area contributed by atoms with Gasteiger partial charge in [-0.2, -0.15) is 0 Å². The molecule has 0 bridgehead atoms. The van der Waals surface area contributed by atoms with E-state index in [4.69, 9.17) is 10.5 Å². The van der Waals surface area contributed by atoms with Crippen LogP contribution in [0.3, 0.4) is 0 Å². The van der Waals surface area contributed by atoms with Crippen molar-refractivity contribution in [3.05, 3.63) is 29.8 Å². The lowest BCUT2D eigenvalue weighted by molar-refractivity contribution is -0.133. The number of ether oxygens (including phenoxy) is 1. The number of amides is 2. The average molecular weight is 293 g/mol. The molecule has 2 amide bonds. The van der Waals surface area contributed by atoms with Crippen molar-refractivity contribution in [1.82, 2.24) is 10.2 Å². The van der Waals surface area contributed by atoms with Gasteiger partial charge in [-0.05, 0) is 25.0 Å². The number of para-hydroxylation sites is 1. The number of likely N-dealkylation sites (N-methyl/N-ethyl adjacent to an activating group) is 1. The first-order valence-corrected chi connectivity index (χ1v) is 6.84.